The fourth-order valence-corrected chi connectivity index (χ4v) is 0.750. The molecule has 0 bridgehead atoms. The van der Waals surface area contributed by atoms with Crippen LogP contribution < -0.4 is 5.90 Å². The number of unbranched alkanes of at least 4 members (excludes halogenated alkanes) is 2. The second-order valence-corrected chi connectivity index (χ2v) is 2.44. The van der Waals surface area contributed by atoms with Gasteiger partial charge in [-0.05, 0) is 13.3 Å². The molecule has 2 nitrogen and oxygen atoms in total. The summed E-state index contributed by atoms with van der Waals surface area (Å²) in [5.74, 6) is 4.95. The van der Waals surface area contributed by atoms with Gasteiger partial charge in [0.15, 0.2) is 0 Å². The standard InChI is InChI=1S/C7H17NO/c1-3-4-5-6-7(2)9-8/h7H,3-6,8H2,1-2H3. The van der Waals surface area contributed by atoms with Gasteiger partial charge in [0.1, 0.15) is 0 Å². The lowest BCUT2D eigenvalue weighted by molar-refractivity contribution is 0.0589. The van der Waals surface area contributed by atoms with Gasteiger partial charge in [0.2, 0.25) is 0 Å². The molecule has 9 heavy (non-hydrogen) atoms. The highest BCUT2D eigenvalue weighted by Crippen LogP contribution is 2.03. The highest BCUT2D eigenvalue weighted by atomic mass is 16.6. The van der Waals surface area contributed by atoms with Crippen LogP contribution in [0.15, 0.2) is 0 Å². The van der Waals surface area contributed by atoms with E-state index < -0.39 is 0 Å². The molecule has 2 N–H and O–H groups in total. The zero-order valence-electron chi connectivity index (χ0n) is 6.39. The number of nitrogens with two attached hydrogens (primary N) is 1. The Bertz CT molecular complexity index is 56.9. The van der Waals surface area contributed by atoms with Crippen LogP contribution in [0.4, 0.5) is 0 Å². The van der Waals surface area contributed by atoms with Crippen molar-refractivity contribution in [3.8, 4) is 0 Å². The molecule has 0 saturated carbocycles. The molecule has 0 aromatic carbocycles. The SMILES string of the molecule is CCCCCC(C)ON. The van der Waals surface area contributed by atoms with E-state index in [9.17, 15) is 0 Å². The van der Waals surface area contributed by atoms with Gasteiger partial charge in [-0.25, -0.2) is 5.90 Å². The van der Waals surface area contributed by atoms with E-state index in [1.807, 2.05) is 6.92 Å². The third-order valence-electron chi connectivity index (χ3n) is 1.45. The molecule has 0 radical (unpaired) electrons. The summed E-state index contributed by atoms with van der Waals surface area (Å²) in [7, 11) is 0. The van der Waals surface area contributed by atoms with E-state index in [1.54, 1.807) is 0 Å². The summed E-state index contributed by atoms with van der Waals surface area (Å²) >= 11 is 0. The van der Waals surface area contributed by atoms with Crippen LogP contribution in [0.25, 0.3) is 0 Å². The van der Waals surface area contributed by atoms with Crippen LogP contribution in [0.2, 0.25) is 0 Å². The van der Waals surface area contributed by atoms with Gasteiger partial charge in [0, 0.05) is 0 Å². The summed E-state index contributed by atoms with van der Waals surface area (Å²) in [4.78, 5) is 4.60. The van der Waals surface area contributed by atoms with Crippen LogP contribution in [-0.2, 0) is 4.84 Å². The van der Waals surface area contributed by atoms with Crippen LogP contribution in [0.5, 0.6) is 0 Å². The highest BCUT2D eigenvalue weighted by molar-refractivity contribution is 4.47. The van der Waals surface area contributed by atoms with Crippen LogP contribution in [0, 0.1) is 0 Å². The predicted molar refractivity (Wildman–Crippen MR) is 38.9 cm³/mol. The van der Waals surface area contributed by atoms with Gasteiger partial charge in [0.05, 0.1) is 6.10 Å². The third-order valence-corrected chi connectivity index (χ3v) is 1.45. The molecule has 0 aromatic rings. The molecule has 0 fully saturated rings. The maximum absolute atomic E-state index is 4.95. The minimum atomic E-state index is 0.233. The van der Waals surface area contributed by atoms with Crippen molar-refractivity contribution in [2.75, 3.05) is 0 Å². The van der Waals surface area contributed by atoms with Crippen molar-refractivity contribution < 1.29 is 4.84 Å². The van der Waals surface area contributed by atoms with Crippen molar-refractivity contribution in [1.29, 1.82) is 0 Å². The van der Waals surface area contributed by atoms with Crippen molar-refractivity contribution >= 4 is 0 Å². The largest absolute Gasteiger partial charge is 0.302 e. The van der Waals surface area contributed by atoms with Crippen molar-refractivity contribution in [3.05, 3.63) is 0 Å². The van der Waals surface area contributed by atoms with Crippen molar-refractivity contribution in [2.24, 2.45) is 5.90 Å². The van der Waals surface area contributed by atoms with E-state index in [2.05, 4.69) is 11.8 Å². The molecule has 0 aliphatic rings. The molecular weight excluding hydrogens is 114 g/mol. The lowest BCUT2D eigenvalue weighted by Gasteiger charge is -2.05. The second kappa shape index (κ2) is 6.05. The minimum absolute atomic E-state index is 0.233. The van der Waals surface area contributed by atoms with Crippen LogP contribution in [-0.4, -0.2) is 6.10 Å². The maximum atomic E-state index is 4.95. The first-order chi connectivity index (χ1) is 4.31. The Labute approximate surface area is 57.3 Å². The van der Waals surface area contributed by atoms with Crippen LogP contribution in [0.1, 0.15) is 39.5 Å². The minimum Gasteiger partial charge on any atom is -0.302 e. The summed E-state index contributed by atoms with van der Waals surface area (Å²) < 4.78 is 0. The molecule has 2 heteroatoms. The fraction of sp³-hybridized carbons (Fsp3) is 1.00. The van der Waals surface area contributed by atoms with Crippen molar-refractivity contribution in [3.63, 3.8) is 0 Å². The number of hydrogen-bond donors (Lipinski definition) is 1. The van der Waals surface area contributed by atoms with Crippen LogP contribution in [0.3, 0.4) is 0 Å². The normalized spacial score (nSPS) is 13.7. The molecule has 0 rings (SSSR count). The molecule has 1 unspecified atom stereocenters. The van der Waals surface area contributed by atoms with E-state index in [1.165, 1.54) is 19.3 Å². The Kier molecular flexibility index (Phi) is 5.99. The molecular formula is C7H17NO. The Morgan fingerprint density at radius 2 is 2.11 bits per heavy atom. The summed E-state index contributed by atoms with van der Waals surface area (Å²) in [6.07, 6.45) is 5.10. The molecule has 0 aromatic heterocycles. The van der Waals surface area contributed by atoms with E-state index in [-0.39, 0.29) is 6.10 Å². The Morgan fingerprint density at radius 3 is 2.56 bits per heavy atom. The fourth-order valence-electron chi connectivity index (χ4n) is 0.750. The molecule has 0 aliphatic heterocycles. The maximum Gasteiger partial charge on any atom is 0.0759 e. The zero-order chi connectivity index (χ0) is 7.11. The first kappa shape index (κ1) is 8.92. The average Bonchev–Trinajstić information content (AvgIpc) is 1.89. The third kappa shape index (κ3) is 5.80. The van der Waals surface area contributed by atoms with Gasteiger partial charge in [-0.1, -0.05) is 26.2 Å². The number of hydrogen-bond acceptors (Lipinski definition) is 2. The molecule has 0 aliphatic carbocycles. The Balaban J connectivity index is 2.88. The molecule has 0 saturated heterocycles. The van der Waals surface area contributed by atoms with Gasteiger partial charge >= 0.3 is 0 Å². The second-order valence-electron chi connectivity index (χ2n) is 2.44. The highest BCUT2D eigenvalue weighted by Gasteiger charge is 1.97. The van der Waals surface area contributed by atoms with Crippen molar-refractivity contribution in [2.45, 2.75) is 45.6 Å². The summed E-state index contributed by atoms with van der Waals surface area (Å²) in [6.45, 7) is 4.18. The average molecular weight is 131 g/mol. The van der Waals surface area contributed by atoms with Gasteiger partial charge in [-0.3, -0.25) is 0 Å². The summed E-state index contributed by atoms with van der Waals surface area (Å²) in [6, 6.07) is 0. The molecule has 1 atom stereocenters. The smallest absolute Gasteiger partial charge is 0.0759 e. The zero-order valence-corrected chi connectivity index (χ0v) is 6.39. The van der Waals surface area contributed by atoms with Crippen LogP contribution >= 0.6 is 0 Å². The molecule has 0 spiro atoms. The molecule has 0 heterocycles. The Hall–Kier alpha value is -0.0800. The lowest BCUT2D eigenvalue weighted by atomic mass is 10.1. The van der Waals surface area contributed by atoms with Crippen molar-refractivity contribution in [1.82, 2.24) is 0 Å². The lowest BCUT2D eigenvalue weighted by Crippen LogP contribution is -2.12. The van der Waals surface area contributed by atoms with Gasteiger partial charge in [-0.2, -0.15) is 0 Å². The van der Waals surface area contributed by atoms with Gasteiger partial charge in [-0.15, -0.1) is 0 Å². The molecule has 56 valence electrons. The monoisotopic (exact) mass is 131 g/mol. The van der Waals surface area contributed by atoms with E-state index in [4.69, 9.17) is 5.90 Å². The summed E-state index contributed by atoms with van der Waals surface area (Å²) in [5.41, 5.74) is 0. The van der Waals surface area contributed by atoms with E-state index >= 15 is 0 Å². The quantitative estimate of drug-likeness (QED) is 0.456. The molecule has 0 amide bonds. The van der Waals surface area contributed by atoms with Gasteiger partial charge in [0.25, 0.3) is 0 Å². The van der Waals surface area contributed by atoms with E-state index in [0.717, 1.165) is 6.42 Å². The van der Waals surface area contributed by atoms with E-state index in [0.29, 0.717) is 0 Å². The topological polar surface area (TPSA) is 35.2 Å². The number of rotatable bonds is 5. The first-order valence-electron chi connectivity index (χ1n) is 3.66. The predicted octanol–water partition coefficient (Wildman–Crippen LogP) is 1.85. The first-order valence-corrected chi connectivity index (χ1v) is 3.66. The summed E-state index contributed by atoms with van der Waals surface area (Å²) in [5, 5.41) is 0. The Morgan fingerprint density at radius 1 is 1.44 bits per heavy atom. The van der Waals surface area contributed by atoms with Gasteiger partial charge < -0.3 is 4.84 Å².